The number of likely N-dealkylation sites (tertiary alicyclic amines) is 1. The van der Waals surface area contributed by atoms with Gasteiger partial charge in [-0.2, -0.15) is 0 Å². The summed E-state index contributed by atoms with van der Waals surface area (Å²) in [6.07, 6.45) is 2.07. The van der Waals surface area contributed by atoms with Crippen LogP contribution in [0.2, 0.25) is 5.02 Å². The van der Waals surface area contributed by atoms with Crippen LogP contribution in [0.5, 0.6) is 0 Å². The largest absolute Gasteiger partial charge is 0.444 e. The van der Waals surface area contributed by atoms with Crippen molar-refractivity contribution in [2.45, 2.75) is 65.1 Å². The smallest absolute Gasteiger partial charge is 0.410 e. The van der Waals surface area contributed by atoms with Crippen molar-refractivity contribution < 1.29 is 14.3 Å². The summed E-state index contributed by atoms with van der Waals surface area (Å²) in [7, 11) is 0. The Bertz CT molecular complexity index is 642. The van der Waals surface area contributed by atoms with Gasteiger partial charge in [0.25, 0.3) is 0 Å². The number of rotatable bonds is 4. The summed E-state index contributed by atoms with van der Waals surface area (Å²) in [4.78, 5) is 29.1. The highest BCUT2D eigenvalue weighted by molar-refractivity contribution is 6.31. The lowest BCUT2D eigenvalue weighted by Gasteiger charge is -2.38. The Morgan fingerprint density at radius 3 is 2.58 bits per heavy atom. The lowest BCUT2D eigenvalue weighted by Crippen LogP contribution is -2.53. The molecule has 1 heterocycles. The first-order chi connectivity index (χ1) is 12.2. The van der Waals surface area contributed by atoms with Gasteiger partial charge in [-0.3, -0.25) is 9.69 Å². The summed E-state index contributed by atoms with van der Waals surface area (Å²) < 4.78 is 5.50. The summed E-state index contributed by atoms with van der Waals surface area (Å²) >= 11 is 6.25. The van der Waals surface area contributed by atoms with Crippen LogP contribution < -0.4 is 0 Å². The molecule has 1 unspecified atom stereocenters. The van der Waals surface area contributed by atoms with Gasteiger partial charge in [0.1, 0.15) is 11.6 Å². The topological polar surface area (TPSA) is 49.9 Å². The Labute approximate surface area is 161 Å². The summed E-state index contributed by atoms with van der Waals surface area (Å²) in [5, 5.41) is 0.645. The number of carbonyl (C=O) groups excluding carboxylic acids is 2. The molecule has 1 saturated heterocycles. The molecule has 0 aromatic heterocycles. The third-order valence-corrected chi connectivity index (χ3v) is 4.80. The number of likely N-dealkylation sites (N-methyl/N-ethyl adjacent to an activating group) is 1. The van der Waals surface area contributed by atoms with Gasteiger partial charge in [-0.25, -0.2) is 4.79 Å². The van der Waals surface area contributed by atoms with E-state index in [4.69, 9.17) is 16.3 Å². The van der Waals surface area contributed by atoms with Crippen molar-refractivity contribution in [2.75, 3.05) is 13.1 Å². The van der Waals surface area contributed by atoms with Crippen molar-refractivity contribution in [1.82, 2.24) is 9.80 Å². The number of nitrogens with zero attached hydrogens (tertiary/aromatic N) is 2. The molecular formula is C20H29ClN2O3. The Morgan fingerprint density at radius 1 is 1.27 bits per heavy atom. The minimum atomic E-state index is -0.579. The van der Waals surface area contributed by atoms with Gasteiger partial charge in [0.05, 0.1) is 0 Å². The van der Waals surface area contributed by atoms with Crippen molar-refractivity contribution in [3.05, 3.63) is 34.9 Å². The predicted octanol–water partition coefficient (Wildman–Crippen LogP) is 4.48. The van der Waals surface area contributed by atoms with Gasteiger partial charge in [0, 0.05) is 24.7 Å². The first-order valence-electron chi connectivity index (χ1n) is 9.24. The fraction of sp³-hybridized carbons (Fsp3) is 0.600. The number of piperidine rings is 1. The summed E-state index contributed by atoms with van der Waals surface area (Å²) in [5.74, 6) is -0.0435. The molecular weight excluding hydrogens is 352 g/mol. The third-order valence-electron chi connectivity index (χ3n) is 4.43. The highest BCUT2D eigenvalue weighted by Gasteiger charge is 2.36. The van der Waals surface area contributed by atoms with Crippen LogP contribution in [0.15, 0.2) is 24.3 Å². The van der Waals surface area contributed by atoms with Gasteiger partial charge in [0.2, 0.25) is 5.91 Å². The molecule has 1 aliphatic heterocycles. The molecule has 2 rings (SSSR count). The second-order valence-corrected chi connectivity index (χ2v) is 8.04. The van der Waals surface area contributed by atoms with Crippen molar-refractivity contribution in [3.63, 3.8) is 0 Å². The quantitative estimate of drug-likeness (QED) is 0.773. The van der Waals surface area contributed by atoms with E-state index < -0.39 is 17.7 Å². The Balaban J connectivity index is 2.15. The average molecular weight is 381 g/mol. The van der Waals surface area contributed by atoms with Crippen LogP contribution in [0.1, 0.15) is 52.5 Å². The Morgan fingerprint density at radius 2 is 1.96 bits per heavy atom. The van der Waals surface area contributed by atoms with Crippen molar-refractivity contribution >= 4 is 23.6 Å². The van der Waals surface area contributed by atoms with Crippen LogP contribution in [-0.4, -0.2) is 46.5 Å². The van der Waals surface area contributed by atoms with Crippen LogP contribution >= 0.6 is 11.6 Å². The summed E-state index contributed by atoms with van der Waals surface area (Å²) in [6, 6.07) is 7.05. The molecule has 1 aromatic carbocycles. The van der Waals surface area contributed by atoms with Crippen molar-refractivity contribution in [2.24, 2.45) is 0 Å². The molecule has 0 saturated carbocycles. The maximum Gasteiger partial charge on any atom is 0.410 e. The zero-order valence-electron chi connectivity index (χ0n) is 16.1. The van der Waals surface area contributed by atoms with Gasteiger partial charge in [-0.05, 0) is 58.6 Å². The maximum atomic E-state index is 13.2. The highest BCUT2D eigenvalue weighted by Crippen LogP contribution is 2.24. The van der Waals surface area contributed by atoms with Gasteiger partial charge < -0.3 is 9.64 Å². The van der Waals surface area contributed by atoms with E-state index in [9.17, 15) is 9.59 Å². The predicted molar refractivity (Wildman–Crippen MR) is 103 cm³/mol. The molecule has 2 amide bonds. The minimum absolute atomic E-state index is 0.0435. The molecule has 6 heteroatoms. The van der Waals surface area contributed by atoms with Crippen molar-refractivity contribution in [3.8, 4) is 0 Å². The molecule has 0 aliphatic carbocycles. The van der Waals surface area contributed by atoms with E-state index in [0.29, 0.717) is 31.1 Å². The van der Waals surface area contributed by atoms with Crippen molar-refractivity contribution in [1.29, 1.82) is 0 Å². The lowest BCUT2D eigenvalue weighted by atomic mass is 10.0. The molecule has 0 radical (unpaired) electrons. The van der Waals surface area contributed by atoms with E-state index in [2.05, 4.69) is 0 Å². The zero-order valence-corrected chi connectivity index (χ0v) is 16.9. The first kappa shape index (κ1) is 20.6. The number of hydrogen-bond acceptors (Lipinski definition) is 3. The van der Waals surface area contributed by atoms with E-state index in [0.717, 1.165) is 18.4 Å². The van der Waals surface area contributed by atoms with Crippen LogP contribution in [0.3, 0.4) is 0 Å². The number of halogens is 1. The summed E-state index contributed by atoms with van der Waals surface area (Å²) in [5.41, 5.74) is 0.327. The Kier molecular flexibility index (Phi) is 6.93. The van der Waals surface area contributed by atoms with E-state index in [1.165, 1.54) is 0 Å². The van der Waals surface area contributed by atoms with Gasteiger partial charge in [-0.1, -0.05) is 29.8 Å². The van der Waals surface area contributed by atoms with Gasteiger partial charge >= 0.3 is 6.09 Å². The third kappa shape index (κ3) is 5.37. The van der Waals surface area contributed by atoms with E-state index in [1.54, 1.807) is 9.80 Å². The average Bonchev–Trinajstić information content (AvgIpc) is 2.59. The van der Waals surface area contributed by atoms with Crippen LogP contribution in [0.4, 0.5) is 4.79 Å². The normalized spacial score (nSPS) is 17.7. The second-order valence-electron chi connectivity index (χ2n) is 7.63. The SMILES string of the molecule is CCN(Cc1ccccc1Cl)C(=O)C1CCCCN1C(=O)OC(C)(C)C. The van der Waals surface area contributed by atoms with E-state index in [-0.39, 0.29) is 5.91 Å². The second kappa shape index (κ2) is 8.76. The number of benzene rings is 1. The van der Waals surface area contributed by atoms with E-state index >= 15 is 0 Å². The van der Waals surface area contributed by atoms with Gasteiger partial charge in [-0.15, -0.1) is 0 Å². The maximum absolute atomic E-state index is 13.2. The lowest BCUT2D eigenvalue weighted by molar-refractivity contribution is -0.138. The number of carbonyl (C=O) groups is 2. The minimum Gasteiger partial charge on any atom is -0.444 e. The highest BCUT2D eigenvalue weighted by atomic mass is 35.5. The fourth-order valence-electron chi connectivity index (χ4n) is 3.12. The molecule has 5 nitrogen and oxygen atoms in total. The standard InChI is InChI=1S/C20H29ClN2O3/c1-5-22(14-15-10-6-7-11-16(15)21)18(24)17-12-8-9-13-23(17)19(25)26-20(2,3)4/h6-7,10-11,17H,5,8-9,12-14H2,1-4H3. The molecule has 26 heavy (non-hydrogen) atoms. The first-order valence-corrected chi connectivity index (χ1v) is 9.62. The van der Waals surface area contributed by atoms with E-state index in [1.807, 2.05) is 52.0 Å². The van der Waals surface area contributed by atoms with Gasteiger partial charge in [0.15, 0.2) is 0 Å². The van der Waals surface area contributed by atoms with Crippen LogP contribution in [0, 0.1) is 0 Å². The molecule has 0 spiro atoms. The molecule has 1 atom stereocenters. The summed E-state index contributed by atoms with van der Waals surface area (Å²) in [6.45, 7) is 8.99. The fourth-order valence-corrected chi connectivity index (χ4v) is 3.31. The number of amides is 2. The van der Waals surface area contributed by atoms with Crippen LogP contribution in [0.25, 0.3) is 0 Å². The zero-order chi connectivity index (χ0) is 19.3. The molecule has 144 valence electrons. The molecule has 1 fully saturated rings. The molecule has 0 N–H and O–H groups in total. The van der Waals surface area contributed by atoms with Crippen LogP contribution in [-0.2, 0) is 16.1 Å². The monoisotopic (exact) mass is 380 g/mol. The molecule has 1 aliphatic rings. The molecule has 1 aromatic rings. The molecule has 0 bridgehead atoms. The Hall–Kier alpha value is -1.75. The number of ether oxygens (including phenoxy) is 1. The number of hydrogen-bond donors (Lipinski definition) is 0.